The zero-order valence-electron chi connectivity index (χ0n) is 9.68. The summed E-state index contributed by atoms with van der Waals surface area (Å²) in [6, 6.07) is 5.06. The number of pyridine rings is 1. The third kappa shape index (κ3) is 3.95. The first-order valence-electron chi connectivity index (χ1n) is 5.07. The molecule has 1 aromatic heterocycles. The SMILES string of the molecule is CC(C)OC(=O)C(C#N)=Cc1ccc(N)nc1. The first kappa shape index (κ1) is 12.7. The van der Waals surface area contributed by atoms with Crippen molar-refractivity contribution in [2.75, 3.05) is 5.73 Å². The van der Waals surface area contributed by atoms with Gasteiger partial charge in [0.25, 0.3) is 0 Å². The first-order chi connectivity index (χ1) is 8.02. The standard InChI is InChI=1S/C12H13N3O2/c1-8(2)17-12(16)10(6-13)5-9-3-4-11(14)15-7-9/h3-5,7-8H,1-2H3,(H2,14,15). The van der Waals surface area contributed by atoms with Crippen molar-refractivity contribution in [2.45, 2.75) is 20.0 Å². The lowest BCUT2D eigenvalue weighted by molar-refractivity contribution is -0.142. The molecule has 0 aromatic carbocycles. The Morgan fingerprint density at radius 2 is 2.29 bits per heavy atom. The van der Waals surface area contributed by atoms with Crippen LogP contribution in [0.1, 0.15) is 19.4 Å². The second-order valence-electron chi connectivity index (χ2n) is 3.64. The van der Waals surface area contributed by atoms with E-state index in [-0.39, 0.29) is 11.7 Å². The van der Waals surface area contributed by atoms with Crippen molar-refractivity contribution in [2.24, 2.45) is 0 Å². The molecule has 5 heteroatoms. The highest BCUT2D eigenvalue weighted by Crippen LogP contribution is 2.09. The Bertz CT molecular complexity index is 470. The molecule has 5 nitrogen and oxygen atoms in total. The molecule has 0 fully saturated rings. The molecule has 0 atom stereocenters. The molecule has 0 radical (unpaired) electrons. The molecule has 1 heterocycles. The van der Waals surface area contributed by atoms with Crippen molar-refractivity contribution < 1.29 is 9.53 Å². The minimum Gasteiger partial charge on any atom is -0.459 e. The summed E-state index contributed by atoms with van der Waals surface area (Å²) >= 11 is 0. The predicted molar refractivity (Wildman–Crippen MR) is 63.5 cm³/mol. The molecule has 0 spiro atoms. The fourth-order valence-corrected chi connectivity index (χ4v) is 1.08. The smallest absolute Gasteiger partial charge is 0.349 e. The normalized spacial score (nSPS) is 11.1. The second kappa shape index (κ2) is 5.66. The number of nitrogens with two attached hydrogens (primary N) is 1. The van der Waals surface area contributed by atoms with Crippen molar-refractivity contribution >= 4 is 17.9 Å². The molecule has 0 aliphatic heterocycles. The number of nitrogens with zero attached hydrogens (tertiary/aromatic N) is 2. The highest BCUT2D eigenvalue weighted by atomic mass is 16.5. The van der Waals surface area contributed by atoms with Gasteiger partial charge in [-0.1, -0.05) is 0 Å². The van der Waals surface area contributed by atoms with Gasteiger partial charge in [0.2, 0.25) is 0 Å². The fourth-order valence-electron chi connectivity index (χ4n) is 1.08. The number of hydrogen-bond acceptors (Lipinski definition) is 5. The average Bonchev–Trinajstić information content (AvgIpc) is 2.27. The summed E-state index contributed by atoms with van der Waals surface area (Å²) in [7, 11) is 0. The van der Waals surface area contributed by atoms with Crippen molar-refractivity contribution in [1.82, 2.24) is 4.98 Å². The molecule has 0 bridgehead atoms. The maximum atomic E-state index is 11.5. The lowest BCUT2D eigenvalue weighted by Crippen LogP contribution is -2.12. The van der Waals surface area contributed by atoms with Crippen LogP contribution in [0.3, 0.4) is 0 Å². The molecule has 0 saturated carbocycles. The molecule has 0 saturated heterocycles. The van der Waals surface area contributed by atoms with E-state index >= 15 is 0 Å². The molecule has 0 aliphatic carbocycles. The van der Waals surface area contributed by atoms with E-state index in [4.69, 9.17) is 15.7 Å². The number of nitriles is 1. The number of anilines is 1. The van der Waals surface area contributed by atoms with E-state index in [9.17, 15) is 4.79 Å². The Labute approximate surface area is 99.5 Å². The molecular formula is C12H13N3O2. The summed E-state index contributed by atoms with van der Waals surface area (Å²) in [5.41, 5.74) is 5.98. The Balaban J connectivity index is 2.91. The molecule has 1 aromatic rings. The van der Waals surface area contributed by atoms with Gasteiger partial charge in [-0.2, -0.15) is 5.26 Å². The van der Waals surface area contributed by atoms with Crippen LogP contribution < -0.4 is 5.73 Å². The summed E-state index contributed by atoms with van der Waals surface area (Å²) in [5, 5.41) is 8.86. The molecule has 17 heavy (non-hydrogen) atoms. The van der Waals surface area contributed by atoms with Gasteiger partial charge in [0.15, 0.2) is 0 Å². The van der Waals surface area contributed by atoms with Crippen LogP contribution in [0.5, 0.6) is 0 Å². The second-order valence-corrected chi connectivity index (χ2v) is 3.64. The molecule has 88 valence electrons. The van der Waals surface area contributed by atoms with Crippen molar-refractivity contribution in [3.05, 3.63) is 29.5 Å². The maximum Gasteiger partial charge on any atom is 0.349 e. The Kier molecular flexibility index (Phi) is 4.23. The van der Waals surface area contributed by atoms with Crippen molar-refractivity contribution in [3.63, 3.8) is 0 Å². The van der Waals surface area contributed by atoms with E-state index in [1.165, 1.54) is 12.3 Å². The summed E-state index contributed by atoms with van der Waals surface area (Å²) < 4.78 is 4.92. The number of esters is 1. The average molecular weight is 231 g/mol. The molecule has 1 rings (SSSR count). The number of ether oxygens (including phenoxy) is 1. The number of nitrogen functional groups attached to an aromatic ring is 1. The summed E-state index contributed by atoms with van der Waals surface area (Å²) in [6.07, 6.45) is 2.63. The van der Waals surface area contributed by atoms with E-state index in [1.807, 2.05) is 0 Å². The van der Waals surface area contributed by atoms with Gasteiger partial charge < -0.3 is 10.5 Å². The number of hydrogen-bond donors (Lipinski definition) is 1. The lowest BCUT2D eigenvalue weighted by atomic mass is 10.2. The Morgan fingerprint density at radius 3 is 2.76 bits per heavy atom. The molecular weight excluding hydrogens is 218 g/mol. The summed E-state index contributed by atoms with van der Waals surface area (Å²) in [4.78, 5) is 15.4. The number of rotatable bonds is 3. The van der Waals surface area contributed by atoms with Gasteiger partial charge in [0.1, 0.15) is 17.5 Å². The topological polar surface area (TPSA) is 89.0 Å². The van der Waals surface area contributed by atoms with E-state index in [1.54, 1.807) is 32.0 Å². The zero-order chi connectivity index (χ0) is 12.8. The van der Waals surface area contributed by atoms with E-state index in [0.29, 0.717) is 11.4 Å². The molecule has 0 unspecified atom stereocenters. The first-order valence-corrected chi connectivity index (χ1v) is 5.07. The van der Waals surface area contributed by atoms with Crippen LogP contribution in [0.4, 0.5) is 5.82 Å². The van der Waals surface area contributed by atoms with Crippen LogP contribution in [0, 0.1) is 11.3 Å². The maximum absolute atomic E-state index is 11.5. The monoisotopic (exact) mass is 231 g/mol. The van der Waals surface area contributed by atoms with Gasteiger partial charge in [0, 0.05) is 6.20 Å². The van der Waals surface area contributed by atoms with Crippen LogP contribution in [0.15, 0.2) is 23.9 Å². The quantitative estimate of drug-likeness (QED) is 0.484. The lowest BCUT2D eigenvalue weighted by Gasteiger charge is -2.06. The van der Waals surface area contributed by atoms with Gasteiger partial charge >= 0.3 is 5.97 Å². The van der Waals surface area contributed by atoms with Crippen molar-refractivity contribution in [3.8, 4) is 6.07 Å². The van der Waals surface area contributed by atoms with Crippen LogP contribution >= 0.6 is 0 Å². The molecule has 0 amide bonds. The minimum absolute atomic E-state index is 0.0646. The zero-order valence-corrected chi connectivity index (χ0v) is 9.68. The van der Waals surface area contributed by atoms with Crippen LogP contribution in [-0.2, 0) is 9.53 Å². The third-order valence-electron chi connectivity index (χ3n) is 1.80. The molecule has 2 N–H and O–H groups in total. The van der Waals surface area contributed by atoms with Crippen LogP contribution in [-0.4, -0.2) is 17.1 Å². The number of aromatic nitrogens is 1. The Morgan fingerprint density at radius 1 is 1.59 bits per heavy atom. The van der Waals surface area contributed by atoms with E-state index in [0.717, 1.165) is 0 Å². The minimum atomic E-state index is -0.640. The van der Waals surface area contributed by atoms with Crippen molar-refractivity contribution in [1.29, 1.82) is 5.26 Å². The predicted octanol–water partition coefficient (Wildman–Crippen LogP) is 1.52. The summed E-state index contributed by atoms with van der Waals surface area (Å²) in [6.45, 7) is 3.44. The fraction of sp³-hybridized carbons (Fsp3) is 0.250. The van der Waals surface area contributed by atoms with Gasteiger partial charge in [0.05, 0.1) is 6.10 Å². The highest BCUT2D eigenvalue weighted by molar-refractivity contribution is 5.97. The summed E-state index contributed by atoms with van der Waals surface area (Å²) in [5.74, 6) is -0.260. The molecule has 0 aliphatic rings. The van der Waals surface area contributed by atoms with Crippen LogP contribution in [0.25, 0.3) is 6.08 Å². The Hall–Kier alpha value is -2.35. The van der Waals surface area contributed by atoms with Gasteiger partial charge in [-0.3, -0.25) is 0 Å². The highest BCUT2D eigenvalue weighted by Gasteiger charge is 2.12. The van der Waals surface area contributed by atoms with E-state index < -0.39 is 5.97 Å². The number of carbonyl (C=O) groups is 1. The van der Waals surface area contributed by atoms with Gasteiger partial charge in [-0.15, -0.1) is 0 Å². The largest absolute Gasteiger partial charge is 0.459 e. The van der Waals surface area contributed by atoms with Gasteiger partial charge in [-0.25, -0.2) is 9.78 Å². The van der Waals surface area contributed by atoms with E-state index in [2.05, 4.69) is 4.98 Å². The third-order valence-corrected chi connectivity index (χ3v) is 1.80. The van der Waals surface area contributed by atoms with Gasteiger partial charge in [-0.05, 0) is 37.6 Å². The number of carbonyl (C=O) groups excluding carboxylic acids is 1. The van der Waals surface area contributed by atoms with Crippen LogP contribution in [0.2, 0.25) is 0 Å².